The summed E-state index contributed by atoms with van der Waals surface area (Å²) in [5.41, 5.74) is 6.47. The molecule has 1 aromatic rings. The summed E-state index contributed by atoms with van der Waals surface area (Å²) >= 11 is 0. The number of hydrogen-bond donors (Lipinski definition) is 2. The van der Waals surface area contributed by atoms with Gasteiger partial charge in [-0.1, -0.05) is 38.5 Å². The highest BCUT2D eigenvalue weighted by Crippen LogP contribution is 2.17. The molecule has 1 atom stereocenters. The van der Waals surface area contributed by atoms with E-state index in [0.717, 1.165) is 12.0 Å². The largest absolute Gasteiger partial charge is 0.465 e. The van der Waals surface area contributed by atoms with Gasteiger partial charge >= 0.3 is 5.97 Å². The van der Waals surface area contributed by atoms with Crippen molar-refractivity contribution in [2.75, 3.05) is 6.61 Å². The number of hydrogen-bond acceptors (Lipinski definition) is 5. The summed E-state index contributed by atoms with van der Waals surface area (Å²) in [4.78, 5) is 10.8. The van der Waals surface area contributed by atoms with Gasteiger partial charge in [0.15, 0.2) is 0 Å². The van der Waals surface area contributed by atoms with Crippen LogP contribution in [0.25, 0.3) is 0 Å². The number of nitrogens with two attached hydrogens (primary N) is 1. The van der Waals surface area contributed by atoms with E-state index in [1.807, 2.05) is 6.92 Å². The molecule has 7 heteroatoms. The molecule has 0 aromatic heterocycles. The van der Waals surface area contributed by atoms with Crippen molar-refractivity contribution in [3.63, 3.8) is 0 Å². The van der Waals surface area contributed by atoms with Crippen molar-refractivity contribution in [2.45, 2.75) is 52.0 Å². The Morgan fingerprint density at radius 1 is 1.26 bits per heavy atom. The SMILES string of the molecule is C[C@H](N)C(=O)OCCC(C)(C)C.Cc1ccc(S(=O)(=O)O)cc1. The molecule has 0 fully saturated rings. The van der Waals surface area contributed by atoms with E-state index in [1.165, 1.54) is 12.1 Å². The predicted molar refractivity (Wildman–Crippen MR) is 89.7 cm³/mol. The standard InChI is InChI=1S/C9H19NO2.C7H8O3S/c1-7(10)8(11)12-6-5-9(2,3)4;1-6-2-4-7(5-3-6)11(8,9)10/h7H,5-6,10H2,1-4H3;2-5H,1H3,(H,8,9,10)/t7-;/m0./s1. The quantitative estimate of drug-likeness (QED) is 0.641. The lowest BCUT2D eigenvalue weighted by Gasteiger charge is -2.17. The van der Waals surface area contributed by atoms with Gasteiger partial charge in [-0.15, -0.1) is 0 Å². The Bertz CT molecular complexity index is 586. The van der Waals surface area contributed by atoms with Gasteiger partial charge in [-0.3, -0.25) is 9.35 Å². The molecule has 6 nitrogen and oxygen atoms in total. The highest BCUT2D eigenvalue weighted by molar-refractivity contribution is 7.85. The Balaban J connectivity index is 0.000000422. The van der Waals surface area contributed by atoms with E-state index in [9.17, 15) is 13.2 Å². The molecule has 1 rings (SSSR count). The molecule has 1 aromatic carbocycles. The number of carbonyl (C=O) groups excluding carboxylic acids is 1. The third-order valence-electron chi connectivity index (χ3n) is 2.79. The van der Waals surface area contributed by atoms with E-state index in [-0.39, 0.29) is 16.3 Å². The fourth-order valence-corrected chi connectivity index (χ4v) is 1.78. The molecule has 0 saturated heterocycles. The van der Waals surface area contributed by atoms with E-state index in [0.29, 0.717) is 6.61 Å². The van der Waals surface area contributed by atoms with Crippen molar-refractivity contribution in [3.05, 3.63) is 29.8 Å². The Hall–Kier alpha value is -1.44. The van der Waals surface area contributed by atoms with Gasteiger partial charge in [-0.2, -0.15) is 8.42 Å². The van der Waals surface area contributed by atoms with Gasteiger partial charge in [0.25, 0.3) is 10.1 Å². The summed E-state index contributed by atoms with van der Waals surface area (Å²) in [6.07, 6.45) is 0.867. The summed E-state index contributed by atoms with van der Waals surface area (Å²) in [6.45, 7) is 10.2. The van der Waals surface area contributed by atoms with Crippen LogP contribution in [-0.4, -0.2) is 31.6 Å². The van der Waals surface area contributed by atoms with Gasteiger partial charge in [0.2, 0.25) is 0 Å². The second-order valence-corrected chi connectivity index (χ2v) is 7.98. The van der Waals surface area contributed by atoms with Crippen LogP contribution in [0.4, 0.5) is 0 Å². The molecule has 0 radical (unpaired) electrons. The molecular weight excluding hydrogens is 318 g/mol. The van der Waals surface area contributed by atoms with Crippen LogP contribution in [0.15, 0.2) is 29.2 Å². The van der Waals surface area contributed by atoms with Gasteiger partial charge < -0.3 is 10.5 Å². The fraction of sp³-hybridized carbons (Fsp3) is 0.562. The normalized spacial score (nSPS) is 12.8. The molecule has 0 unspecified atom stereocenters. The van der Waals surface area contributed by atoms with Crippen molar-refractivity contribution in [2.24, 2.45) is 11.1 Å². The molecule has 3 N–H and O–H groups in total. The fourth-order valence-electron chi connectivity index (χ4n) is 1.30. The first-order valence-corrected chi connectivity index (χ1v) is 8.73. The highest BCUT2D eigenvalue weighted by atomic mass is 32.2. The number of ether oxygens (including phenoxy) is 1. The van der Waals surface area contributed by atoms with Crippen molar-refractivity contribution >= 4 is 16.1 Å². The summed E-state index contributed by atoms with van der Waals surface area (Å²) in [6, 6.07) is 5.48. The van der Waals surface area contributed by atoms with E-state index < -0.39 is 16.2 Å². The zero-order chi connectivity index (χ0) is 18.3. The lowest BCUT2D eigenvalue weighted by atomic mass is 9.93. The Kier molecular flexibility index (Phi) is 8.44. The van der Waals surface area contributed by atoms with Crippen molar-refractivity contribution in [1.82, 2.24) is 0 Å². The van der Waals surface area contributed by atoms with E-state index >= 15 is 0 Å². The number of carbonyl (C=O) groups is 1. The maximum absolute atomic E-state index is 10.9. The minimum absolute atomic E-state index is 0.0666. The molecule has 132 valence electrons. The topological polar surface area (TPSA) is 107 Å². The molecule has 0 saturated carbocycles. The van der Waals surface area contributed by atoms with Crippen LogP contribution in [0, 0.1) is 12.3 Å². The number of benzene rings is 1. The smallest absolute Gasteiger partial charge is 0.322 e. The molecule has 0 aliphatic heterocycles. The molecule has 0 spiro atoms. The zero-order valence-corrected chi connectivity index (χ0v) is 15.2. The summed E-state index contributed by atoms with van der Waals surface area (Å²) in [5.74, 6) is -0.320. The minimum atomic E-state index is -4.02. The van der Waals surface area contributed by atoms with Crippen LogP contribution in [-0.2, 0) is 19.6 Å². The number of esters is 1. The van der Waals surface area contributed by atoms with Crippen molar-refractivity contribution in [1.29, 1.82) is 0 Å². The van der Waals surface area contributed by atoms with Crippen LogP contribution in [0.5, 0.6) is 0 Å². The van der Waals surface area contributed by atoms with Gasteiger partial charge in [0.05, 0.1) is 11.5 Å². The second-order valence-electron chi connectivity index (χ2n) is 6.55. The summed E-state index contributed by atoms with van der Waals surface area (Å²) < 4.78 is 34.5. The first-order chi connectivity index (χ1) is 10.3. The zero-order valence-electron chi connectivity index (χ0n) is 14.4. The first kappa shape index (κ1) is 21.6. The Morgan fingerprint density at radius 3 is 2.09 bits per heavy atom. The van der Waals surface area contributed by atoms with E-state index in [1.54, 1.807) is 19.1 Å². The Morgan fingerprint density at radius 2 is 1.74 bits per heavy atom. The molecular formula is C16H27NO5S. The first-order valence-electron chi connectivity index (χ1n) is 7.29. The minimum Gasteiger partial charge on any atom is -0.465 e. The van der Waals surface area contributed by atoms with Crippen molar-refractivity contribution in [3.8, 4) is 0 Å². The average Bonchev–Trinajstić information content (AvgIpc) is 2.37. The van der Waals surface area contributed by atoms with Crippen LogP contribution in [0.1, 0.15) is 39.7 Å². The number of rotatable bonds is 4. The van der Waals surface area contributed by atoms with Gasteiger partial charge in [0, 0.05) is 0 Å². The summed E-state index contributed by atoms with van der Waals surface area (Å²) in [7, 11) is -4.02. The third-order valence-corrected chi connectivity index (χ3v) is 3.65. The maximum atomic E-state index is 10.9. The second kappa shape index (κ2) is 9.00. The molecule has 0 aliphatic rings. The van der Waals surface area contributed by atoms with Crippen LogP contribution >= 0.6 is 0 Å². The lowest BCUT2D eigenvalue weighted by molar-refractivity contribution is -0.145. The average molecular weight is 345 g/mol. The molecule has 0 heterocycles. The predicted octanol–water partition coefficient (Wildman–Crippen LogP) is 2.55. The molecule has 0 aliphatic carbocycles. The number of aryl methyl sites for hydroxylation is 1. The highest BCUT2D eigenvalue weighted by Gasteiger charge is 2.13. The van der Waals surface area contributed by atoms with Crippen LogP contribution < -0.4 is 5.73 Å². The van der Waals surface area contributed by atoms with Crippen LogP contribution in [0.3, 0.4) is 0 Å². The molecule has 0 amide bonds. The van der Waals surface area contributed by atoms with Gasteiger partial charge in [-0.05, 0) is 37.8 Å². The van der Waals surface area contributed by atoms with Crippen molar-refractivity contribution < 1.29 is 22.5 Å². The monoisotopic (exact) mass is 345 g/mol. The van der Waals surface area contributed by atoms with E-state index in [4.69, 9.17) is 15.0 Å². The van der Waals surface area contributed by atoms with E-state index in [2.05, 4.69) is 20.8 Å². The summed E-state index contributed by atoms with van der Waals surface area (Å²) in [5, 5.41) is 0. The molecule has 23 heavy (non-hydrogen) atoms. The van der Waals surface area contributed by atoms with Crippen LogP contribution in [0.2, 0.25) is 0 Å². The third kappa shape index (κ3) is 10.8. The Labute approximate surface area is 138 Å². The molecule has 0 bridgehead atoms. The lowest BCUT2D eigenvalue weighted by Crippen LogP contribution is -2.29. The van der Waals surface area contributed by atoms with Gasteiger partial charge in [0.1, 0.15) is 6.04 Å². The van der Waals surface area contributed by atoms with Gasteiger partial charge in [-0.25, -0.2) is 0 Å². The maximum Gasteiger partial charge on any atom is 0.322 e.